The van der Waals surface area contributed by atoms with Gasteiger partial charge in [-0.1, -0.05) is 30.7 Å². The third kappa shape index (κ3) is 4.30. The van der Waals surface area contributed by atoms with E-state index in [1.807, 2.05) is 12.4 Å². The molecule has 0 bridgehead atoms. The molecule has 1 aromatic carbocycles. The van der Waals surface area contributed by atoms with Gasteiger partial charge in [-0.3, -0.25) is 4.79 Å². The number of aryl methyl sites for hydroxylation is 2. The number of benzene rings is 1. The van der Waals surface area contributed by atoms with Crippen molar-refractivity contribution in [3.05, 3.63) is 69.6 Å². The van der Waals surface area contributed by atoms with Gasteiger partial charge in [-0.05, 0) is 37.9 Å². The van der Waals surface area contributed by atoms with E-state index in [1.54, 1.807) is 12.1 Å². The van der Waals surface area contributed by atoms with E-state index in [9.17, 15) is 4.79 Å². The van der Waals surface area contributed by atoms with E-state index in [0.717, 1.165) is 19.5 Å². The third-order valence-corrected chi connectivity index (χ3v) is 3.70. The number of hydrogen-bond acceptors (Lipinski definition) is 2. The average molecular weight is 284 g/mol. The number of aromatic nitrogens is 1. The molecule has 0 saturated carbocycles. The second kappa shape index (κ2) is 7.23. The highest BCUT2D eigenvalue weighted by Gasteiger charge is 2.13. The Labute approximate surface area is 126 Å². The van der Waals surface area contributed by atoms with Crippen LogP contribution in [0.1, 0.15) is 36.1 Å². The van der Waals surface area contributed by atoms with Crippen LogP contribution in [0, 0.1) is 13.8 Å². The molecule has 3 heteroatoms. The summed E-state index contributed by atoms with van der Waals surface area (Å²) in [6, 6.07) is 10.1. The van der Waals surface area contributed by atoms with Crippen LogP contribution < -0.4 is 10.7 Å². The van der Waals surface area contributed by atoms with Crippen molar-refractivity contribution in [2.24, 2.45) is 0 Å². The summed E-state index contributed by atoms with van der Waals surface area (Å²) in [6.07, 6.45) is 4.81. The van der Waals surface area contributed by atoms with Crippen LogP contribution in [0.15, 0.2) is 47.5 Å². The largest absolute Gasteiger partial charge is 0.352 e. The number of pyridine rings is 1. The van der Waals surface area contributed by atoms with Gasteiger partial charge in [0.25, 0.3) is 0 Å². The fourth-order valence-electron chi connectivity index (χ4n) is 2.58. The molecule has 2 aromatic rings. The predicted octanol–water partition coefficient (Wildman–Crippen LogP) is 3.21. The van der Waals surface area contributed by atoms with Crippen molar-refractivity contribution in [1.82, 2.24) is 9.88 Å². The molecule has 21 heavy (non-hydrogen) atoms. The quantitative estimate of drug-likeness (QED) is 0.884. The van der Waals surface area contributed by atoms with Crippen LogP contribution in [0.2, 0.25) is 0 Å². The lowest BCUT2D eigenvalue weighted by Gasteiger charge is -2.22. The maximum atomic E-state index is 11.2. The first kappa shape index (κ1) is 15.5. The number of rotatable bonds is 6. The Morgan fingerprint density at radius 2 is 1.86 bits per heavy atom. The molecule has 0 aliphatic rings. The Morgan fingerprint density at radius 3 is 2.48 bits per heavy atom. The van der Waals surface area contributed by atoms with Gasteiger partial charge in [0, 0.05) is 31.1 Å². The first-order valence-electron chi connectivity index (χ1n) is 7.57. The lowest BCUT2D eigenvalue weighted by atomic mass is 9.99. The fourth-order valence-corrected chi connectivity index (χ4v) is 2.58. The average Bonchev–Trinajstić information content (AvgIpc) is 2.46. The van der Waals surface area contributed by atoms with E-state index in [-0.39, 0.29) is 11.5 Å². The van der Waals surface area contributed by atoms with E-state index in [1.165, 1.54) is 16.7 Å². The van der Waals surface area contributed by atoms with Gasteiger partial charge in [-0.2, -0.15) is 0 Å². The fraction of sp³-hybridized carbons (Fsp3) is 0.389. The summed E-state index contributed by atoms with van der Waals surface area (Å²) < 4.78 is 2.06. The van der Waals surface area contributed by atoms with Crippen LogP contribution in [-0.2, 0) is 6.54 Å². The van der Waals surface area contributed by atoms with Crippen LogP contribution in [0.5, 0.6) is 0 Å². The molecular weight excluding hydrogens is 260 g/mol. The predicted molar refractivity (Wildman–Crippen MR) is 87.7 cm³/mol. The molecule has 0 fully saturated rings. The Morgan fingerprint density at radius 1 is 1.14 bits per heavy atom. The Bertz CT molecular complexity index is 625. The molecule has 1 atom stereocenters. The van der Waals surface area contributed by atoms with Gasteiger partial charge >= 0.3 is 0 Å². The highest BCUT2D eigenvalue weighted by molar-refractivity contribution is 5.32. The topological polar surface area (TPSA) is 34.0 Å². The highest BCUT2D eigenvalue weighted by atomic mass is 16.1. The van der Waals surface area contributed by atoms with Crippen molar-refractivity contribution in [1.29, 1.82) is 0 Å². The monoisotopic (exact) mass is 284 g/mol. The molecular formula is C18H24N2O. The minimum Gasteiger partial charge on any atom is -0.352 e. The summed E-state index contributed by atoms with van der Waals surface area (Å²) in [5.41, 5.74) is 3.97. The molecule has 1 N–H and O–H groups in total. The molecule has 3 nitrogen and oxygen atoms in total. The van der Waals surface area contributed by atoms with Gasteiger partial charge < -0.3 is 9.88 Å². The molecule has 0 aliphatic carbocycles. The Hall–Kier alpha value is -1.87. The van der Waals surface area contributed by atoms with Gasteiger partial charge in [0.2, 0.25) is 0 Å². The van der Waals surface area contributed by atoms with Gasteiger partial charge in [0.1, 0.15) is 0 Å². The Kier molecular flexibility index (Phi) is 5.34. The van der Waals surface area contributed by atoms with Crippen LogP contribution in [0.3, 0.4) is 0 Å². The van der Waals surface area contributed by atoms with Crippen molar-refractivity contribution in [3.63, 3.8) is 0 Å². The number of hydrogen-bond donors (Lipinski definition) is 1. The Balaban J connectivity index is 2.24. The molecule has 112 valence electrons. The minimum absolute atomic E-state index is 0.0517. The maximum absolute atomic E-state index is 11.2. The van der Waals surface area contributed by atoms with E-state index in [0.29, 0.717) is 0 Å². The van der Waals surface area contributed by atoms with Gasteiger partial charge in [0.05, 0.1) is 6.04 Å². The lowest BCUT2D eigenvalue weighted by Crippen LogP contribution is -2.27. The van der Waals surface area contributed by atoms with E-state index >= 15 is 0 Å². The van der Waals surface area contributed by atoms with E-state index < -0.39 is 0 Å². The van der Waals surface area contributed by atoms with Gasteiger partial charge in [-0.15, -0.1) is 0 Å². The summed E-state index contributed by atoms with van der Waals surface area (Å²) in [6.45, 7) is 8.26. The van der Waals surface area contributed by atoms with Crippen LogP contribution in [-0.4, -0.2) is 11.1 Å². The SMILES string of the molecule is CCCNC(Cn1ccc(=O)cc1)c1ccc(C)cc1C. The van der Waals surface area contributed by atoms with Crippen molar-refractivity contribution in [2.75, 3.05) is 6.54 Å². The van der Waals surface area contributed by atoms with Crippen molar-refractivity contribution in [2.45, 2.75) is 39.8 Å². The number of nitrogens with zero attached hydrogens (tertiary/aromatic N) is 1. The molecule has 0 spiro atoms. The molecule has 1 heterocycles. The highest BCUT2D eigenvalue weighted by Crippen LogP contribution is 2.20. The van der Waals surface area contributed by atoms with E-state index in [2.05, 4.69) is 48.9 Å². The molecule has 2 rings (SSSR count). The normalized spacial score (nSPS) is 12.3. The second-order valence-corrected chi connectivity index (χ2v) is 5.60. The lowest BCUT2D eigenvalue weighted by molar-refractivity contribution is 0.460. The molecule has 1 unspecified atom stereocenters. The standard InChI is InChI=1S/C18H24N2O/c1-4-9-19-18(13-20-10-7-16(21)8-11-20)17-6-5-14(2)12-15(17)3/h5-8,10-12,18-19H,4,9,13H2,1-3H3. The third-order valence-electron chi connectivity index (χ3n) is 3.70. The first-order valence-corrected chi connectivity index (χ1v) is 7.57. The summed E-state index contributed by atoms with van der Waals surface area (Å²) in [4.78, 5) is 11.2. The molecule has 0 aliphatic heterocycles. The zero-order valence-corrected chi connectivity index (χ0v) is 13.1. The van der Waals surface area contributed by atoms with Gasteiger partial charge in [0.15, 0.2) is 5.43 Å². The molecule has 0 radical (unpaired) electrons. The molecule has 1 aromatic heterocycles. The second-order valence-electron chi connectivity index (χ2n) is 5.60. The zero-order valence-electron chi connectivity index (χ0n) is 13.1. The smallest absolute Gasteiger partial charge is 0.181 e. The van der Waals surface area contributed by atoms with Crippen LogP contribution >= 0.6 is 0 Å². The number of nitrogens with one attached hydrogen (secondary N) is 1. The van der Waals surface area contributed by atoms with Crippen molar-refractivity contribution >= 4 is 0 Å². The first-order chi connectivity index (χ1) is 10.1. The van der Waals surface area contributed by atoms with Crippen molar-refractivity contribution < 1.29 is 0 Å². The van der Waals surface area contributed by atoms with Crippen LogP contribution in [0.25, 0.3) is 0 Å². The summed E-state index contributed by atoms with van der Waals surface area (Å²) >= 11 is 0. The van der Waals surface area contributed by atoms with E-state index in [4.69, 9.17) is 0 Å². The summed E-state index contributed by atoms with van der Waals surface area (Å²) in [5.74, 6) is 0. The molecule has 0 saturated heterocycles. The summed E-state index contributed by atoms with van der Waals surface area (Å²) in [7, 11) is 0. The summed E-state index contributed by atoms with van der Waals surface area (Å²) in [5, 5.41) is 3.61. The zero-order chi connectivity index (χ0) is 15.2. The minimum atomic E-state index is 0.0517. The maximum Gasteiger partial charge on any atom is 0.181 e. The van der Waals surface area contributed by atoms with Crippen LogP contribution in [0.4, 0.5) is 0 Å². The van der Waals surface area contributed by atoms with Gasteiger partial charge in [-0.25, -0.2) is 0 Å². The molecule has 0 amide bonds. The van der Waals surface area contributed by atoms with Crippen molar-refractivity contribution in [3.8, 4) is 0 Å².